The Kier molecular flexibility index (Phi) is 256. The van der Waals surface area contributed by atoms with E-state index >= 15 is 0 Å². The molecule has 6 heavy (non-hydrogen) atoms. The zero-order valence-corrected chi connectivity index (χ0v) is 4.18. The SMILES string of the molecule is OOO.[O-2].[O-2].[Ti+4]. The molecule has 36 valence electrons. The van der Waals surface area contributed by atoms with Crippen molar-refractivity contribution in [2.45, 2.75) is 0 Å². The maximum absolute atomic E-state index is 6.62. The molecule has 0 rings (SSSR count). The summed E-state index contributed by atoms with van der Waals surface area (Å²) >= 11 is 0. The third-order valence-corrected chi connectivity index (χ3v) is 0. The van der Waals surface area contributed by atoms with Gasteiger partial charge in [0, 0.05) is 0 Å². The Morgan fingerprint density at radius 3 is 1.00 bits per heavy atom. The average molecular weight is 130 g/mol. The van der Waals surface area contributed by atoms with Crippen LogP contribution in [0.25, 0.3) is 0 Å². The summed E-state index contributed by atoms with van der Waals surface area (Å²) in [6.45, 7) is 0. The maximum atomic E-state index is 6.62. The van der Waals surface area contributed by atoms with Crippen LogP contribution in [0, 0.1) is 0 Å². The zero-order chi connectivity index (χ0) is 2.71. The second-order valence-electron chi connectivity index (χ2n) is 0.0816. The number of hydrogen-bond donors (Lipinski definition) is 2. The van der Waals surface area contributed by atoms with E-state index in [2.05, 4.69) is 5.04 Å². The number of rotatable bonds is 0. The van der Waals surface area contributed by atoms with Gasteiger partial charge in [-0.2, -0.15) is 0 Å². The molecule has 0 saturated heterocycles. The molecular weight excluding hydrogens is 128 g/mol. The molecule has 0 spiro atoms. The molecular formula is H2O5Ti. The summed E-state index contributed by atoms with van der Waals surface area (Å²) in [5.41, 5.74) is 0. The smallest absolute Gasteiger partial charge is 2.00 e. The van der Waals surface area contributed by atoms with Crippen molar-refractivity contribution in [1.82, 2.24) is 0 Å². The fourth-order valence-corrected chi connectivity index (χ4v) is 0. The van der Waals surface area contributed by atoms with Crippen molar-refractivity contribution < 1.29 is 48.2 Å². The quantitative estimate of drug-likeness (QED) is 0.267. The summed E-state index contributed by atoms with van der Waals surface area (Å²) in [4.78, 5) is 0. The predicted molar refractivity (Wildman–Crippen MR) is 7.72 cm³/mol. The van der Waals surface area contributed by atoms with Crippen LogP contribution in [0.3, 0.4) is 0 Å². The van der Waals surface area contributed by atoms with Crippen molar-refractivity contribution in [3.8, 4) is 0 Å². The van der Waals surface area contributed by atoms with Gasteiger partial charge < -0.3 is 11.0 Å². The summed E-state index contributed by atoms with van der Waals surface area (Å²) < 4.78 is 0. The molecule has 0 fully saturated rings. The van der Waals surface area contributed by atoms with Crippen molar-refractivity contribution in [1.29, 1.82) is 0 Å². The molecule has 0 unspecified atom stereocenters. The van der Waals surface area contributed by atoms with Crippen LogP contribution >= 0.6 is 0 Å². The molecule has 0 amide bonds. The molecule has 0 bridgehead atoms. The van der Waals surface area contributed by atoms with Crippen LogP contribution in [0.5, 0.6) is 0 Å². The summed E-state index contributed by atoms with van der Waals surface area (Å²) in [6, 6.07) is 0. The van der Waals surface area contributed by atoms with Gasteiger partial charge in [0.1, 0.15) is 0 Å². The first kappa shape index (κ1) is 31.3. The van der Waals surface area contributed by atoms with E-state index in [9.17, 15) is 0 Å². The summed E-state index contributed by atoms with van der Waals surface area (Å²) in [5, 5.41) is 15.5. The normalized spacial score (nSPS) is 3.00. The molecule has 2 N–H and O–H groups in total. The summed E-state index contributed by atoms with van der Waals surface area (Å²) in [7, 11) is 0. The van der Waals surface area contributed by atoms with Gasteiger partial charge in [-0.25, -0.2) is 10.5 Å². The van der Waals surface area contributed by atoms with E-state index in [1.165, 1.54) is 0 Å². The Morgan fingerprint density at radius 2 is 1.00 bits per heavy atom. The predicted octanol–water partition coefficient (Wildman–Crippen LogP) is -0.291. The Labute approximate surface area is 48.9 Å². The minimum atomic E-state index is 0. The minimum absolute atomic E-state index is 0. The van der Waals surface area contributed by atoms with Crippen molar-refractivity contribution in [3.63, 3.8) is 0 Å². The molecule has 0 aromatic carbocycles. The first-order chi connectivity index (χ1) is 1.41. The third kappa shape index (κ3) is 211. The first-order valence-corrected chi connectivity index (χ1v) is 0.365. The Balaban J connectivity index is -0.00000000667. The van der Waals surface area contributed by atoms with E-state index < -0.39 is 0 Å². The van der Waals surface area contributed by atoms with E-state index in [4.69, 9.17) is 10.5 Å². The zero-order valence-electron chi connectivity index (χ0n) is 2.62. The average Bonchev–Trinajstić information content (AvgIpc) is 0.918. The van der Waals surface area contributed by atoms with Crippen LogP contribution < -0.4 is 0 Å². The summed E-state index contributed by atoms with van der Waals surface area (Å²) in [6.07, 6.45) is 0. The molecule has 0 heterocycles. The fourth-order valence-electron chi connectivity index (χ4n) is 0. The van der Waals surface area contributed by atoms with Gasteiger partial charge in [-0.15, -0.1) is 0 Å². The van der Waals surface area contributed by atoms with Gasteiger partial charge in [0.2, 0.25) is 0 Å². The van der Waals surface area contributed by atoms with Gasteiger partial charge >= 0.3 is 21.7 Å². The number of hydrogen-bond acceptors (Lipinski definition) is 3. The monoisotopic (exact) mass is 130 g/mol. The fraction of sp³-hybridized carbons (Fsp3) is 0. The van der Waals surface area contributed by atoms with Crippen molar-refractivity contribution in [2.75, 3.05) is 0 Å². The van der Waals surface area contributed by atoms with Crippen LogP contribution in [0.2, 0.25) is 0 Å². The first-order valence-electron chi connectivity index (χ1n) is 0.365. The van der Waals surface area contributed by atoms with E-state index in [-0.39, 0.29) is 32.7 Å². The van der Waals surface area contributed by atoms with Gasteiger partial charge in [0.15, 0.2) is 0 Å². The van der Waals surface area contributed by atoms with Gasteiger partial charge in [-0.05, 0) is 0 Å². The molecule has 0 radical (unpaired) electrons. The minimum Gasteiger partial charge on any atom is -2.00 e. The molecule has 0 aliphatic carbocycles. The molecule has 0 aliphatic rings. The second-order valence-corrected chi connectivity index (χ2v) is 0.0816. The Bertz CT molecular complexity index is 3.90. The Morgan fingerprint density at radius 1 is 1.00 bits per heavy atom. The third-order valence-electron chi connectivity index (χ3n) is 0. The molecule has 0 atom stereocenters. The molecule has 0 aromatic rings. The summed E-state index contributed by atoms with van der Waals surface area (Å²) in [5.74, 6) is 0. The molecule has 5 nitrogen and oxygen atoms in total. The van der Waals surface area contributed by atoms with Crippen LogP contribution in [0.1, 0.15) is 0 Å². The van der Waals surface area contributed by atoms with Crippen molar-refractivity contribution in [2.24, 2.45) is 0 Å². The van der Waals surface area contributed by atoms with Gasteiger partial charge in [0.05, 0.1) is 0 Å². The van der Waals surface area contributed by atoms with Gasteiger partial charge in [-0.3, -0.25) is 0 Å². The second kappa shape index (κ2) is 49.0. The van der Waals surface area contributed by atoms with E-state index in [0.29, 0.717) is 0 Å². The van der Waals surface area contributed by atoms with Crippen LogP contribution in [-0.4, -0.2) is 10.5 Å². The molecule has 0 aliphatic heterocycles. The van der Waals surface area contributed by atoms with E-state index in [1.54, 1.807) is 0 Å². The largest absolute Gasteiger partial charge is 4.00 e. The van der Waals surface area contributed by atoms with Crippen molar-refractivity contribution >= 4 is 0 Å². The van der Waals surface area contributed by atoms with Crippen LogP contribution in [-0.2, 0) is 37.7 Å². The van der Waals surface area contributed by atoms with Crippen LogP contribution in [0.15, 0.2) is 0 Å². The maximum Gasteiger partial charge on any atom is 4.00 e. The van der Waals surface area contributed by atoms with Gasteiger partial charge in [-0.1, -0.05) is 5.04 Å². The molecule has 6 heteroatoms. The van der Waals surface area contributed by atoms with Crippen molar-refractivity contribution in [3.05, 3.63) is 0 Å². The van der Waals surface area contributed by atoms with E-state index in [0.717, 1.165) is 0 Å². The standard InChI is InChI=1S/H2O3.2O.Ti/c1-3-2;;;/h1-2H;;;/q;2*-2;+4. The van der Waals surface area contributed by atoms with Crippen LogP contribution in [0.4, 0.5) is 0 Å². The topological polar surface area (TPSA) is 107 Å². The Hall–Kier alpha value is 0.514. The molecule has 0 saturated carbocycles. The van der Waals surface area contributed by atoms with E-state index in [1.807, 2.05) is 0 Å². The molecule has 0 aromatic heterocycles. The van der Waals surface area contributed by atoms with Gasteiger partial charge in [0.25, 0.3) is 0 Å².